The summed E-state index contributed by atoms with van der Waals surface area (Å²) >= 11 is 0. The third-order valence-electron chi connectivity index (χ3n) is 7.35. The quantitative estimate of drug-likeness (QED) is 0.119. The Morgan fingerprint density at radius 2 is 1.34 bits per heavy atom. The van der Waals surface area contributed by atoms with Gasteiger partial charge in [-0.15, -0.1) is 0 Å². The first-order valence-corrected chi connectivity index (χ1v) is 13.2. The van der Waals surface area contributed by atoms with E-state index in [1.54, 1.807) is 0 Å². The van der Waals surface area contributed by atoms with Crippen LogP contribution in [-0.2, 0) is 14.2 Å². The van der Waals surface area contributed by atoms with Crippen molar-refractivity contribution in [3.63, 3.8) is 0 Å². The van der Waals surface area contributed by atoms with Crippen molar-refractivity contribution in [3.8, 4) is 40.1 Å². The molecule has 0 spiro atoms. The molecule has 0 amide bonds. The Morgan fingerprint density at radius 1 is 0.705 bits per heavy atom. The lowest BCUT2D eigenvalue weighted by atomic mass is 9.97. The molecular weight excluding hydrogens is 596 g/mol. The van der Waals surface area contributed by atoms with Crippen molar-refractivity contribution in [3.05, 3.63) is 40.6 Å². The van der Waals surface area contributed by atoms with Gasteiger partial charge in [0.15, 0.2) is 29.7 Å². The molecule has 0 saturated carbocycles. The molecule has 2 fully saturated rings. The molecule has 6 unspecified atom stereocenters. The number of phenols is 4. The monoisotopic (exact) mass is 626 g/mol. The zero-order valence-electron chi connectivity index (χ0n) is 22.4. The van der Waals surface area contributed by atoms with E-state index in [2.05, 4.69) is 0 Å². The number of aliphatic hydroxyl groups is 7. The van der Waals surface area contributed by atoms with Gasteiger partial charge < -0.3 is 79.5 Å². The van der Waals surface area contributed by atoms with Gasteiger partial charge in [0.2, 0.25) is 17.5 Å². The Hall–Kier alpha value is -3.75. The topological polar surface area (TPSA) is 290 Å². The van der Waals surface area contributed by atoms with E-state index < -0.39 is 120 Å². The fourth-order valence-electron chi connectivity index (χ4n) is 4.98. The molecule has 0 radical (unpaired) electrons. The maximum Gasteiger partial charge on any atom is 0.239 e. The van der Waals surface area contributed by atoms with Crippen LogP contribution in [0.25, 0.3) is 22.3 Å². The average Bonchev–Trinajstić information content (AvgIpc) is 2.98. The van der Waals surface area contributed by atoms with Gasteiger partial charge in [0.1, 0.15) is 65.2 Å². The molecule has 44 heavy (non-hydrogen) atoms. The Bertz CT molecular complexity index is 1560. The second kappa shape index (κ2) is 12.3. The Labute approximate surface area is 246 Å². The van der Waals surface area contributed by atoms with Crippen molar-refractivity contribution in [2.24, 2.45) is 0 Å². The molecule has 0 aliphatic carbocycles. The number of hydrogen-bond acceptors (Lipinski definition) is 17. The first kappa shape index (κ1) is 31.7. The van der Waals surface area contributed by atoms with Crippen LogP contribution in [0.5, 0.6) is 28.7 Å². The first-order valence-electron chi connectivity index (χ1n) is 13.2. The predicted molar refractivity (Wildman–Crippen MR) is 142 cm³/mol. The van der Waals surface area contributed by atoms with E-state index in [0.717, 1.165) is 24.3 Å². The van der Waals surface area contributed by atoms with Crippen LogP contribution in [-0.4, -0.2) is 131 Å². The minimum absolute atomic E-state index is 0.0707. The maximum absolute atomic E-state index is 13.7. The Morgan fingerprint density at radius 3 is 1.98 bits per heavy atom. The number of fused-ring (bicyclic) bond motifs is 1. The van der Waals surface area contributed by atoms with Crippen molar-refractivity contribution >= 4 is 11.0 Å². The molecule has 0 bridgehead atoms. The summed E-state index contributed by atoms with van der Waals surface area (Å²) in [7, 11) is 0. The lowest BCUT2D eigenvalue weighted by molar-refractivity contribution is -0.358. The van der Waals surface area contributed by atoms with Gasteiger partial charge in [0, 0.05) is 17.7 Å². The fourth-order valence-corrected chi connectivity index (χ4v) is 4.98. The van der Waals surface area contributed by atoms with E-state index in [1.165, 1.54) is 6.07 Å². The molecule has 2 saturated heterocycles. The lowest BCUT2D eigenvalue weighted by Gasteiger charge is -2.45. The summed E-state index contributed by atoms with van der Waals surface area (Å²) < 4.78 is 28.1. The molecule has 1 aromatic heterocycles. The fraction of sp³-hybridized carbons (Fsp3) is 0.444. The standard InChI is InChI=1S/C27H30O17/c28-6-14-17(34)20(37)22(39)26(41-14)44-25-21(38)18(35)15(7-29)42-27(25)43-24-19(36)16-12(33)4-9(30)5-13(16)40-23(24)8-1-2-10(31)11(32)3-8/h1-5,14-15,17-18,20-22,25-35,37-39H,6-7H2/t14?,15?,17-,18-,20?,21?,22?,25?,26+,27+/m1/s1. The van der Waals surface area contributed by atoms with Crippen LogP contribution < -0.4 is 10.2 Å². The van der Waals surface area contributed by atoms with Gasteiger partial charge in [-0.05, 0) is 18.2 Å². The van der Waals surface area contributed by atoms with Crippen LogP contribution in [0, 0.1) is 0 Å². The zero-order chi connectivity index (χ0) is 32.0. The van der Waals surface area contributed by atoms with E-state index >= 15 is 0 Å². The number of benzene rings is 2. The molecule has 2 aromatic carbocycles. The summed E-state index contributed by atoms with van der Waals surface area (Å²) in [5.74, 6) is -3.54. The van der Waals surface area contributed by atoms with Crippen molar-refractivity contribution in [2.45, 2.75) is 61.4 Å². The molecule has 3 aromatic rings. The molecule has 17 nitrogen and oxygen atoms in total. The summed E-state index contributed by atoms with van der Waals surface area (Å²) in [6.45, 7) is -1.68. The Kier molecular flexibility index (Phi) is 8.87. The van der Waals surface area contributed by atoms with Crippen LogP contribution in [0.1, 0.15) is 0 Å². The minimum atomic E-state index is -1.97. The van der Waals surface area contributed by atoms with Crippen molar-refractivity contribution in [1.29, 1.82) is 0 Å². The molecule has 5 rings (SSSR count). The number of aromatic hydroxyl groups is 4. The van der Waals surface area contributed by atoms with E-state index in [4.69, 9.17) is 23.4 Å². The third-order valence-corrected chi connectivity index (χ3v) is 7.35. The van der Waals surface area contributed by atoms with Crippen LogP contribution in [0.3, 0.4) is 0 Å². The molecule has 3 heterocycles. The number of ether oxygens (including phenoxy) is 4. The molecule has 17 heteroatoms. The van der Waals surface area contributed by atoms with Gasteiger partial charge in [-0.25, -0.2) is 0 Å². The summed E-state index contributed by atoms with van der Waals surface area (Å²) in [6.07, 6.45) is -18.0. The van der Waals surface area contributed by atoms with E-state index in [0.29, 0.717) is 0 Å². The summed E-state index contributed by atoms with van der Waals surface area (Å²) in [4.78, 5) is 13.7. The molecule has 240 valence electrons. The zero-order valence-corrected chi connectivity index (χ0v) is 22.4. The molecule has 11 N–H and O–H groups in total. The SMILES string of the molecule is O=c1c(O[C@@H]2OC(CO)[C@@H](O)C(O)C2O[C@@H]2OC(CO)[C@@H](O)C(O)C2O)c(-c2ccc(O)c(O)c2)oc2cc(O)cc(O)c12. The van der Waals surface area contributed by atoms with Crippen molar-refractivity contribution in [2.75, 3.05) is 13.2 Å². The lowest BCUT2D eigenvalue weighted by Crippen LogP contribution is -2.65. The highest BCUT2D eigenvalue weighted by molar-refractivity contribution is 5.88. The van der Waals surface area contributed by atoms with Gasteiger partial charge in [0.05, 0.1) is 13.2 Å². The summed E-state index contributed by atoms with van der Waals surface area (Å²) in [5, 5.41) is 111. The summed E-state index contributed by atoms with van der Waals surface area (Å²) in [5.41, 5.74) is -1.47. The molecular formula is C27H30O17. The average molecular weight is 627 g/mol. The van der Waals surface area contributed by atoms with Crippen LogP contribution >= 0.6 is 0 Å². The normalized spacial score (nSPS) is 32.5. The number of hydrogen-bond donors (Lipinski definition) is 11. The van der Waals surface area contributed by atoms with Gasteiger partial charge in [-0.2, -0.15) is 0 Å². The highest BCUT2D eigenvalue weighted by atomic mass is 16.8. The van der Waals surface area contributed by atoms with E-state index in [9.17, 15) is 61.0 Å². The van der Waals surface area contributed by atoms with Crippen LogP contribution in [0.15, 0.2) is 39.5 Å². The minimum Gasteiger partial charge on any atom is -0.508 e. The highest BCUT2D eigenvalue weighted by Crippen LogP contribution is 2.40. The number of aliphatic hydroxyl groups excluding tert-OH is 7. The second-order valence-electron chi connectivity index (χ2n) is 10.3. The van der Waals surface area contributed by atoms with Crippen LogP contribution in [0.4, 0.5) is 0 Å². The van der Waals surface area contributed by atoms with Crippen LogP contribution in [0.2, 0.25) is 0 Å². The van der Waals surface area contributed by atoms with Gasteiger partial charge in [-0.1, -0.05) is 0 Å². The van der Waals surface area contributed by atoms with E-state index in [-0.39, 0.29) is 11.1 Å². The van der Waals surface area contributed by atoms with Gasteiger partial charge in [0.25, 0.3) is 0 Å². The molecule has 10 atom stereocenters. The van der Waals surface area contributed by atoms with Gasteiger partial charge in [-0.3, -0.25) is 4.79 Å². The molecule has 2 aliphatic heterocycles. The number of phenolic OH excluding ortho intramolecular Hbond substituents is 4. The largest absolute Gasteiger partial charge is 0.508 e. The van der Waals surface area contributed by atoms with Crippen molar-refractivity contribution < 1.29 is 79.5 Å². The predicted octanol–water partition coefficient (Wildman–Crippen LogP) is -2.71. The van der Waals surface area contributed by atoms with E-state index in [1.807, 2.05) is 0 Å². The van der Waals surface area contributed by atoms with Gasteiger partial charge >= 0.3 is 0 Å². The maximum atomic E-state index is 13.7. The number of rotatable bonds is 7. The second-order valence-corrected chi connectivity index (χ2v) is 10.3. The first-order chi connectivity index (χ1) is 20.9. The summed E-state index contributed by atoms with van der Waals surface area (Å²) in [6, 6.07) is 5.12. The highest BCUT2D eigenvalue weighted by Gasteiger charge is 2.51. The third kappa shape index (κ3) is 5.61. The van der Waals surface area contributed by atoms with Crippen molar-refractivity contribution in [1.82, 2.24) is 0 Å². The smallest absolute Gasteiger partial charge is 0.239 e. The Balaban J connectivity index is 1.61. The molecule has 2 aliphatic rings.